The fourth-order valence-electron chi connectivity index (χ4n) is 9.36. The fourth-order valence-corrected chi connectivity index (χ4v) is 9.36. The van der Waals surface area contributed by atoms with Crippen molar-refractivity contribution in [3.63, 3.8) is 0 Å². The molecule has 0 spiro atoms. The average molecular weight is 416 g/mol. The Labute approximate surface area is 186 Å². The number of carbonyl (C=O) groups is 1. The van der Waals surface area contributed by atoms with Crippen LogP contribution in [-0.4, -0.2) is 11.9 Å². The molecular formula is C28H49NO. The molecule has 0 unspecified atom stereocenters. The van der Waals surface area contributed by atoms with E-state index in [1.165, 1.54) is 57.8 Å². The van der Waals surface area contributed by atoms with Gasteiger partial charge in [0, 0.05) is 11.5 Å². The summed E-state index contributed by atoms with van der Waals surface area (Å²) in [7, 11) is 0. The zero-order valence-corrected chi connectivity index (χ0v) is 21.0. The van der Waals surface area contributed by atoms with Gasteiger partial charge in [-0.1, -0.05) is 67.7 Å². The minimum atomic E-state index is -0.211. The third-order valence-corrected chi connectivity index (χ3v) is 10.8. The topological polar surface area (TPSA) is 29.1 Å². The van der Waals surface area contributed by atoms with Gasteiger partial charge in [0.25, 0.3) is 0 Å². The van der Waals surface area contributed by atoms with E-state index in [9.17, 15) is 4.79 Å². The molecule has 1 heterocycles. The fraction of sp³-hybridized carbons (Fsp3) is 0.964. The number of rotatable bonds is 5. The van der Waals surface area contributed by atoms with Crippen LogP contribution in [0, 0.1) is 51.8 Å². The Balaban J connectivity index is 1.50. The van der Waals surface area contributed by atoms with Gasteiger partial charge in [-0.3, -0.25) is 4.79 Å². The summed E-state index contributed by atoms with van der Waals surface area (Å²) in [5.41, 5.74) is 0.648. The van der Waals surface area contributed by atoms with E-state index in [1.54, 1.807) is 0 Å². The van der Waals surface area contributed by atoms with Crippen molar-refractivity contribution in [2.24, 2.45) is 51.8 Å². The maximum absolute atomic E-state index is 12.6. The van der Waals surface area contributed by atoms with E-state index in [0.717, 1.165) is 41.9 Å². The molecule has 3 aliphatic carbocycles. The van der Waals surface area contributed by atoms with Crippen molar-refractivity contribution in [3.8, 4) is 0 Å². The summed E-state index contributed by atoms with van der Waals surface area (Å²) in [5, 5.41) is 3.47. The van der Waals surface area contributed by atoms with E-state index in [0.29, 0.717) is 22.8 Å². The molecule has 2 nitrogen and oxygen atoms in total. The Morgan fingerprint density at radius 3 is 2.30 bits per heavy atom. The van der Waals surface area contributed by atoms with Gasteiger partial charge in [0.2, 0.25) is 5.91 Å². The van der Waals surface area contributed by atoms with E-state index in [4.69, 9.17) is 0 Å². The zero-order chi connectivity index (χ0) is 21.9. The van der Waals surface area contributed by atoms with E-state index >= 15 is 0 Å². The van der Waals surface area contributed by atoms with Crippen molar-refractivity contribution in [2.75, 3.05) is 0 Å². The van der Waals surface area contributed by atoms with Crippen LogP contribution in [0.25, 0.3) is 0 Å². The number of nitrogens with one attached hydrogen (secondary N) is 1. The third-order valence-electron chi connectivity index (χ3n) is 10.8. The van der Waals surface area contributed by atoms with E-state index in [1.807, 2.05) is 0 Å². The molecule has 1 N–H and O–H groups in total. The van der Waals surface area contributed by atoms with Crippen LogP contribution in [0.2, 0.25) is 0 Å². The number of hydrogen-bond acceptors (Lipinski definition) is 1. The van der Waals surface area contributed by atoms with Crippen LogP contribution >= 0.6 is 0 Å². The highest BCUT2D eigenvalue weighted by Crippen LogP contribution is 2.67. The second kappa shape index (κ2) is 7.80. The standard InChI is InChI=1S/C28H49NO/c1-18(2)9-8-10-19(3)21-12-13-22-20-11-14-24-28(7,17-26(4,5)25(30)29-24)23(20)15-16-27(21,22)6/h18-24H,8-17H2,1-7H3,(H,29,30)/t19-,20+,21-,22+,23+,24-,27-,28-/m1/s1. The molecule has 30 heavy (non-hydrogen) atoms. The van der Waals surface area contributed by atoms with Gasteiger partial charge in [0.05, 0.1) is 0 Å². The highest BCUT2D eigenvalue weighted by Gasteiger charge is 2.62. The third kappa shape index (κ3) is 3.57. The van der Waals surface area contributed by atoms with Gasteiger partial charge in [-0.05, 0) is 91.3 Å². The van der Waals surface area contributed by atoms with E-state index < -0.39 is 0 Å². The van der Waals surface area contributed by atoms with Crippen LogP contribution < -0.4 is 5.32 Å². The van der Waals surface area contributed by atoms with Gasteiger partial charge in [-0.15, -0.1) is 0 Å². The summed E-state index contributed by atoms with van der Waals surface area (Å²) >= 11 is 0. The summed E-state index contributed by atoms with van der Waals surface area (Å²) < 4.78 is 0. The van der Waals surface area contributed by atoms with Crippen molar-refractivity contribution in [3.05, 3.63) is 0 Å². The SMILES string of the molecule is CC(C)CCC[C@@H](C)[C@H]1CC[C@H]2[C@@H]3CC[C@H]4NC(=O)C(C)(C)C[C@]4(C)[C@H]3CC[C@]12C. The van der Waals surface area contributed by atoms with Gasteiger partial charge in [-0.2, -0.15) is 0 Å². The first-order valence-corrected chi connectivity index (χ1v) is 13.3. The first-order chi connectivity index (χ1) is 14.0. The molecule has 0 aromatic heterocycles. The normalized spacial score (nSPS) is 46.0. The molecule has 8 atom stereocenters. The Hall–Kier alpha value is -0.530. The van der Waals surface area contributed by atoms with Crippen LogP contribution in [0.5, 0.6) is 0 Å². The number of hydrogen-bond donors (Lipinski definition) is 1. The molecule has 0 radical (unpaired) electrons. The van der Waals surface area contributed by atoms with Crippen molar-refractivity contribution < 1.29 is 4.79 Å². The molecule has 2 heteroatoms. The Bertz CT molecular complexity index is 653. The molecule has 0 bridgehead atoms. The van der Waals surface area contributed by atoms with Crippen molar-refractivity contribution in [1.82, 2.24) is 5.32 Å². The second-order valence-corrected chi connectivity index (χ2v) is 13.6. The minimum absolute atomic E-state index is 0.211. The lowest BCUT2D eigenvalue weighted by Crippen LogP contribution is -2.65. The average Bonchev–Trinajstić information content (AvgIpc) is 2.99. The minimum Gasteiger partial charge on any atom is -0.352 e. The van der Waals surface area contributed by atoms with Crippen molar-refractivity contribution in [1.29, 1.82) is 0 Å². The Morgan fingerprint density at radius 1 is 0.900 bits per heavy atom. The number of amides is 1. The van der Waals surface area contributed by atoms with Gasteiger partial charge in [-0.25, -0.2) is 0 Å². The molecule has 0 aromatic carbocycles. The molecule has 172 valence electrons. The van der Waals surface area contributed by atoms with Crippen LogP contribution in [0.3, 0.4) is 0 Å². The molecule has 4 aliphatic rings. The van der Waals surface area contributed by atoms with E-state index in [-0.39, 0.29) is 5.41 Å². The number of piperidine rings is 1. The summed E-state index contributed by atoms with van der Waals surface area (Å²) in [4.78, 5) is 12.6. The highest BCUT2D eigenvalue weighted by atomic mass is 16.2. The molecule has 1 saturated heterocycles. The molecule has 4 rings (SSSR count). The maximum Gasteiger partial charge on any atom is 0.225 e. The Kier molecular flexibility index (Phi) is 5.89. The lowest BCUT2D eigenvalue weighted by molar-refractivity contribution is -0.153. The van der Waals surface area contributed by atoms with Crippen LogP contribution in [0.4, 0.5) is 0 Å². The molecule has 1 aliphatic heterocycles. The quantitative estimate of drug-likeness (QED) is 0.504. The second-order valence-electron chi connectivity index (χ2n) is 13.6. The van der Waals surface area contributed by atoms with Gasteiger partial charge >= 0.3 is 0 Å². The molecule has 3 saturated carbocycles. The summed E-state index contributed by atoms with van der Waals surface area (Å²) in [6.07, 6.45) is 13.6. The molecule has 1 amide bonds. The van der Waals surface area contributed by atoms with Crippen molar-refractivity contribution >= 4 is 5.91 Å². The van der Waals surface area contributed by atoms with Gasteiger partial charge in [0.15, 0.2) is 0 Å². The van der Waals surface area contributed by atoms with E-state index in [2.05, 4.69) is 53.8 Å². The first-order valence-electron chi connectivity index (χ1n) is 13.3. The van der Waals surface area contributed by atoms with Gasteiger partial charge in [0.1, 0.15) is 0 Å². The summed E-state index contributed by atoms with van der Waals surface area (Å²) in [6, 6.07) is 0.413. The van der Waals surface area contributed by atoms with Crippen LogP contribution in [0.1, 0.15) is 113 Å². The van der Waals surface area contributed by atoms with Crippen LogP contribution in [-0.2, 0) is 4.79 Å². The Morgan fingerprint density at radius 2 is 1.60 bits per heavy atom. The predicted octanol–water partition coefficient (Wildman–Crippen LogP) is 7.22. The smallest absolute Gasteiger partial charge is 0.225 e. The summed E-state index contributed by atoms with van der Waals surface area (Å²) in [5.74, 6) is 5.58. The monoisotopic (exact) mass is 415 g/mol. The lowest BCUT2D eigenvalue weighted by Gasteiger charge is -2.62. The molecule has 4 fully saturated rings. The number of carbonyl (C=O) groups excluding carboxylic acids is 1. The zero-order valence-electron chi connectivity index (χ0n) is 21.0. The lowest BCUT2D eigenvalue weighted by atomic mass is 9.45. The largest absolute Gasteiger partial charge is 0.352 e. The van der Waals surface area contributed by atoms with Crippen LogP contribution in [0.15, 0.2) is 0 Å². The van der Waals surface area contributed by atoms with Crippen molar-refractivity contribution in [2.45, 2.75) is 119 Å². The molecule has 0 aromatic rings. The summed E-state index contributed by atoms with van der Waals surface area (Å²) in [6.45, 7) is 16.9. The molecular weight excluding hydrogens is 366 g/mol. The number of fused-ring (bicyclic) bond motifs is 5. The highest BCUT2D eigenvalue weighted by molar-refractivity contribution is 5.83. The van der Waals surface area contributed by atoms with Gasteiger partial charge < -0.3 is 5.32 Å². The maximum atomic E-state index is 12.6. The predicted molar refractivity (Wildman–Crippen MR) is 126 cm³/mol. The first kappa shape index (κ1) is 22.7.